The van der Waals surface area contributed by atoms with Crippen molar-refractivity contribution in [2.24, 2.45) is 29.6 Å². The van der Waals surface area contributed by atoms with Crippen molar-refractivity contribution in [1.29, 1.82) is 0 Å². The summed E-state index contributed by atoms with van der Waals surface area (Å²) in [5.41, 5.74) is 0. The Balaban J connectivity index is 2.45. The first-order valence-corrected chi connectivity index (χ1v) is 7.13. The Morgan fingerprint density at radius 1 is 1.13 bits per heavy atom. The van der Waals surface area contributed by atoms with Gasteiger partial charge in [-0.25, -0.2) is 0 Å². The molecule has 5 atom stereocenters. The third-order valence-corrected chi connectivity index (χ3v) is 4.93. The molecule has 0 heterocycles. The van der Waals surface area contributed by atoms with Gasteiger partial charge in [0.1, 0.15) is 0 Å². The lowest BCUT2D eigenvalue weighted by molar-refractivity contribution is 0.0201. The summed E-state index contributed by atoms with van der Waals surface area (Å²) < 4.78 is 0. The minimum absolute atomic E-state index is 0.934. The third kappa shape index (κ3) is 2.98. The van der Waals surface area contributed by atoms with Gasteiger partial charge in [-0.3, -0.25) is 0 Å². The zero-order valence-corrected chi connectivity index (χ0v) is 11.4. The maximum absolute atomic E-state index is 2.45. The van der Waals surface area contributed by atoms with Crippen LogP contribution in [0.1, 0.15) is 66.7 Å². The van der Waals surface area contributed by atoms with Crippen LogP contribution in [0.5, 0.6) is 0 Å². The molecule has 0 N–H and O–H groups in total. The van der Waals surface area contributed by atoms with Crippen molar-refractivity contribution < 1.29 is 0 Å². The molecule has 0 radical (unpaired) electrons. The lowest BCUT2D eigenvalue weighted by Gasteiger charge is -2.47. The Hall–Kier alpha value is 0. The smallest absolute Gasteiger partial charge is 0.0352 e. The summed E-state index contributed by atoms with van der Waals surface area (Å²) in [6.07, 6.45) is 7.14. The molecule has 0 nitrogen and oxygen atoms in total. The largest absolute Gasteiger partial charge is 0.0651 e. The molecule has 0 saturated heterocycles. The Morgan fingerprint density at radius 2 is 1.80 bits per heavy atom. The van der Waals surface area contributed by atoms with Crippen LogP contribution in [0.25, 0.3) is 0 Å². The van der Waals surface area contributed by atoms with E-state index in [1.807, 2.05) is 0 Å². The van der Waals surface area contributed by atoms with Crippen LogP contribution in [-0.4, -0.2) is 0 Å². The quantitative estimate of drug-likeness (QED) is 0.570. The number of hydrogen-bond donors (Lipinski definition) is 0. The molecule has 15 heavy (non-hydrogen) atoms. The van der Waals surface area contributed by atoms with E-state index in [0.717, 1.165) is 29.6 Å². The van der Waals surface area contributed by atoms with E-state index in [4.69, 9.17) is 0 Å². The van der Waals surface area contributed by atoms with Crippen molar-refractivity contribution in [3.63, 3.8) is 0 Å². The topological polar surface area (TPSA) is 0 Å². The predicted octanol–water partition coefficient (Wildman–Crippen LogP) is 5.13. The van der Waals surface area contributed by atoms with E-state index in [-0.39, 0.29) is 0 Å². The van der Waals surface area contributed by atoms with Gasteiger partial charge in [0.25, 0.3) is 0 Å². The van der Waals surface area contributed by atoms with Crippen molar-refractivity contribution in [2.75, 3.05) is 0 Å². The van der Waals surface area contributed by atoms with E-state index in [1.54, 1.807) is 0 Å². The van der Waals surface area contributed by atoms with Crippen LogP contribution in [0.2, 0.25) is 0 Å². The molecule has 0 aliphatic heterocycles. The molecule has 0 bridgehead atoms. The van der Waals surface area contributed by atoms with Crippen LogP contribution in [0.4, 0.5) is 0 Å². The van der Waals surface area contributed by atoms with E-state index < -0.39 is 0 Å². The zero-order valence-electron chi connectivity index (χ0n) is 11.4. The molecule has 0 spiro atoms. The molecule has 0 aromatic rings. The van der Waals surface area contributed by atoms with Gasteiger partial charge in [0.2, 0.25) is 0 Å². The van der Waals surface area contributed by atoms with Crippen molar-refractivity contribution in [1.82, 2.24) is 0 Å². The first-order valence-electron chi connectivity index (χ1n) is 7.13. The van der Waals surface area contributed by atoms with Crippen LogP contribution in [0.15, 0.2) is 0 Å². The second-order valence-corrected chi connectivity index (χ2v) is 5.87. The van der Waals surface area contributed by atoms with Gasteiger partial charge in [-0.2, -0.15) is 0 Å². The molecule has 0 aromatic heterocycles. The summed E-state index contributed by atoms with van der Waals surface area (Å²) in [6, 6.07) is 0. The van der Waals surface area contributed by atoms with E-state index in [0.29, 0.717) is 0 Å². The van der Waals surface area contributed by atoms with Crippen molar-refractivity contribution in [2.45, 2.75) is 66.7 Å². The maximum Gasteiger partial charge on any atom is -0.0352 e. The molecule has 0 heteroatoms. The fourth-order valence-corrected chi connectivity index (χ4v) is 3.58. The van der Waals surface area contributed by atoms with Crippen LogP contribution in [-0.2, 0) is 0 Å². The SMILES string of the molecule is CCC(C)CC(CC)C1CC(C)C1CC. The summed E-state index contributed by atoms with van der Waals surface area (Å²) >= 11 is 0. The molecule has 1 fully saturated rings. The summed E-state index contributed by atoms with van der Waals surface area (Å²) in [7, 11) is 0. The van der Waals surface area contributed by atoms with E-state index in [1.165, 1.54) is 32.1 Å². The van der Waals surface area contributed by atoms with Crippen LogP contribution >= 0.6 is 0 Å². The van der Waals surface area contributed by atoms with Gasteiger partial charge in [0.05, 0.1) is 0 Å². The molecule has 1 rings (SSSR count). The minimum atomic E-state index is 0.934. The zero-order chi connectivity index (χ0) is 11.4. The highest BCUT2D eigenvalue weighted by Gasteiger charge is 2.40. The predicted molar refractivity (Wildman–Crippen MR) is 68.9 cm³/mol. The molecular weight excluding hydrogens is 180 g/mol. The normalized spacial score (nSPS) is 34.6. The minimum Gasteiger partial charge on any atom is -0.0651 e. The highest BCUT2D eigenvalue weighted by atomic mass is 14.5. The van der Waals surface area contributed by atoms with Gasteiger partial charge in [-0.15, -0.1) is 0 Å². The first kappa shape index (κ1) is 13.1. The van der Waals surface area contributed by atoms with Crippen molar-refractivity contribution in [3.8, 4) is 0 Å². The molecular formula is C15H30. The summed E-state index contributed by atoms with van der Waals surface area (Å²) in [4.78, 5) is 0. The fraction of sp³-hybridized carbons (Fsp3) is 1.00. The van der Waals surface area contributed by atoms with E-state index in [9.17, 15) is 0 Å². The second-order valence-electron chi connectivity index (χ2n) is 5.87. The third-order valence-electron chi connectivity index (χ3n) is 4.93. The molecule has 5 unspecified atom stereocenters. The van der Waals surface area contributed by atoms with E-state index in [2.05, 4.69) is 34.6 Å². The second kappa shape index (κ2) is 5.92. The Bertz CT molecular complexity index is 173. The Kier molecular flexibility index (Phi) is 5.15. The molecule has 1 aliphatic carbocycles. The van der Waals surface area contributed by atoms with Crippen molar-refractivity contribution in [3.05, 3.63) is 0 Å². The molecule has 1 saturated carbocycles. The first-order chi connectivity index (χ1) is 7.13. The fourth-order valence-electron chi connectivity index (χ4n) is 3.58. The highest BCUT2D eigenvalue weighted by molar-refractivity contribution is 4.89. The number of rotatable bonds is 6. The monoisotopic (exact) mass is 210 g/mol. The van der Waals surface area contributed by atoms with Crippen LogP contribution < -0.4 is 0 Å². The summed E-state index contributed by atoms with van der Waals surface area (Å²) in [5.74, 6) is 5.05. The van der Waals surface area contributed by atoms with Crippen LogP contribution in [0, 0.1) is 29.6 Å². The van der Waals surface area contributed by atoms with Crippen LogP contribution in [0.3, 0.4) is 0 Å². The lowest BCUT2D eigenvalue weighted by Crippen LogP contribution is -2.39. The Labute approximate surface area is 96.8 Å². The van der Waals surface area contributed by atoms with Gasteiger partial charge in [-0.05, 0) is 42.4 Å². The molecule has 1 aliphatic rings. The molecule has 0 aromatic carbocycles. The van der Waals surface area contributed by atoms with Crippen molar-refractivity contribution >= 4 is 0 Å². The van der Waals surface area contributed by atoms with E-state index >= 15 is 0 Å². The molecule has 0 amide bonds. The van der Waals surface area contributed by atoms with Gasteiger partial charge in [-0.1, -0.05) is 53.9 Å². The summed E-state index contributed by atoms with van der Waals surface area (Å²) in [6.45, 7) is 12.0. The van der Waals surface area contributed by atoms with Gasteiger partial charge >= 0.3 is 0 Å². The van der Waals surface area contributed by atoms with Gasteiger partial charge < -0.3 is 0 Å². The lowest BCUT2D eigenvalue weighted by atomic mass is 9.58. The standard InChI is InChI=1S/C15H30/c1-6-11(4)9-13(7-2)15-10-12(5)14(15)8-3/h11-15H,6-10H2,1-5H3. The maximum atomic E-state index is 2.45. The number of hydrogen-bond acceptors (Lipinski definition) is 0. The average molecular weight is 210 g/mol. The van der Waals surface area contributed by atoms with Gasteiger partial charge in [0.15, 0.2) is 0 Å². The average Bonchev–Trinajstić information content (AvgIpc) is 2.23. The van der Waals surface area contributed by atoms with Gasteiger partial charge in [0, 0.05) is 0 Å². The highest BCUT2D eigenvalue weighted by Crippen LogP contribution is 2.48. The molecule has 90 valence electrons. The summed E-state index contributed by atoms with van der Waals surface area (Å²) in [5, 5.41) is 0. The Morgan fingerprint density at radius 3 is 2.20 bits per heavy atom.